The number of ether oxygens (including phenoxy) is 1. The van der Waals surface area contributed by atoms with Gasteiger partial charge in [0.25, 0.3) is 0 Å². The van der Waals surface area contributed by atoms with Gasteiger partial charge in [-0.25, -0.2) is 9.50 Å². The molecule has 0 spiro atoms. The fourth-order valence-electron chi connectivity index (χ4n) is 4.97. The fraction of sp³-hybridized carbons (Fsp3) is 0.476. The Morgan fingerprint density at radius 3 is 2.68 bits per heavy atom. The number of rotatable bonds is 8. The molecule has 1 fully saturated rings. The van der Waals surface area contributed by atoms with E-state index in [2.05, 4.69) is 27.2 Å². The Labute approximate surface area is 221 Å². The molecule has 3 aromatic rings. The van der Waals surface area contributed by atoms with E-state index in [1.54, 1.807) is 0 Å². The van der Waals surface area contributed by atoms with E-state index in [-0.39, 0.29) is 17.0 Å². The molecule has 0 amide bonds. The highest BCUT2D eigenvalue weighted by molar-refractivity contribution is 7.70. The summed E-state index contributed by atoms with van der Waals surface area (Å²) in [6.45, 7) is -0.704. The van der Waals surface area contributed by atoms with Crippen molar-refractivity contribution in [2.24, 2.45) is 0 Å². The lowest BCUT2D eigenvalue weighted by molar-refractivity contribution is -0.0204. The van der Waals surface area contributed by atoms with Crippen molar-refractivity contribution in [2.45, 2.75) is 43.3 Å². The van der Waals surface area contributed by atoms with E-state index in [0.29, 0.717) is 11.5 Å². The summed E-state index contributed by atoms with van der Waals surface area (Å²) in [5.74, 6) is -0.941. The van der Waals surface area contributed by atoms with Gasteiger partial charge in [-0.2, -0.15) is 4.98 Å². The van der Waals surface area contributed by atoms with Crippen LogP contribution in [0.3, 0.4) is 0 Å². The predicted molar refractivity (Wildman–Crippen MR) is 134 cm³/mol. The molecule has 1 saturated heterocycles. The van der Waals surface area contributed by atoms with Crippen molar-refractivity contribution >= 4 is 38.3 Å². The van der Waals surface area contributed by atoms with Crippen LogP contribution in [0, 0.1) is 0 Å². The van der Waals surface area contributed by atoms with Gasteiger partial charge >= 0.3 is 15.2 Å². The number of aryl methyl sites for hydroxylation is 1. The monoisotopic (exact) mass is 589 g/mol. The molecule has 1 aliphatic carbocycles. The van der Waals surface area contributed by atoms with E-state index in [1.807, 2.05) is 24.1 Å². The number of aromatic nitrogens is 4. The number of imidazole rings is 1. The van der Waals surface area contributed by atoms with Crippen LogP contribution in [0.2, 0.25) is 5.28 Å². The summed E-state index contributed by atoms with van der Waals surface area (Å²) < 4.78 is 34.9. The average molecular weight is 590 g/mol. The second-order valence-electron chi connectivity index (χ2n) is 9.30. The lowest BCUT2D eigenvalue weighted by atomic mass is 10.1. The Morgan fingerprint density at radius 2 is 1.95 bits per heavy atom. The van der Waals surface area contributed by atoms with Gasteiger partial charge in [0.05, 0.1) is 24.5 Å². The summed E-state index contributed by atoms with van der Waals surface area (Å²) in [6.07, 6.45) is -2.33. The molecule has 2 aliphatic rings. The number of benzene rings is 1. The van der Waals surface area contributed by atoms with Gasteiger partial charge in [-0.1, -0.05) is 24.3 Å². The Bertz CT molecular complexity index is 1450. The highest BCUT2D eigenvalue weighted by atomic mass is 35.5. The van der Waals surface area contributed by atoms with Gasteiger partial charge in [0, 0.05) is 7.05 Å². The molecular weight excluding hydrogens is 564 g/mol. The lowest BCUT2D eigenvalue weighted by Crippen LogP contribution is -2.33. The molecule has 5 rings (SSSR count). The topological polar surface area (TPSA) is 200 Å². The maximum absolute atomic E-state index is 12.0. The highest BCUT2D eigenvalue weighted by Crippen LogP contribution is 2.55. The molecule has 17 heteroatoms. The maximum Gasteiger partial charge on any atom is 0.340 e. The molecule has 3 heterocycles. The summed E-state index contributed by atoms with van der Waals surface area (Å²) in [7, 11) is -7.64. The van der Waals surface area contributed by atoms with E-state index < -0.39 is 52.1 Å². The molecule has 0 radical (unpaired) electrons. The normalized spacial score (nSPS) is 27.0. The third-order valence-corrected chi connectivity index (χ3v) is 10.3. The molecule has 14 nitrogen and oxygen atoms in total. The maximum atomic E-state index is 12.0. The summed E-state index contributed by atoms with van der Waals surface area (Å²) in [5, 5.41) is 25.3. The Hall–Kier alpha value is -1.96. The molecule has 5 N–H and O–H groups in total. The van der Waals surface area contributed by atoms with E-state index in [1.165, 1.54) is 21.8 Å². The minimum Gasteiger partial charge on any atom is -0.387 e. The predicted octanol–water partition coefficient (Wildman–Crippen LogP) is 1.40. The number of hydrogen-bond acceptors (Lipinski definition) is 10. The quantitative estimate of drug-likeness (QED) is 0.236. The van der Waals surface area contributed by atoms with E-state index in [4.69, 9.17) is 30.6 Å². The molecule has 1 aliphatic heterocycles. The van der Waals surface area contributed by atoms with Crippen LogP contribution in [-0.4, -0.2) is 82.3 Å². The van der Waals surface area contributed by atoms with Crippen molar-refractivity contribution < 1.29 is 43.3 Å². The molecule has 0 saturated carbocycles. The summed E-state index contributed by atoms with van der Waals surface area (Å²) in [6, 6.07) is 8.16. The van der Waals surface area contributed by atoms with Crippen molar-refractivity contribution in [3.05, 3.63) is 52.6 Å². The van der Waals surface area contributed by atoms with Crippen LogP contribution in [-0.2, 0) is 24.8 Å². The molecule has 2 aromatic heterocycles. The van der Waals surface area contributed by atoms with Gasteiger partial charge in [-0.3, -0.25) is 9.13 Å². The van der Waals surface area contributed by atoms with Crippen LogP contribution in [0.25, 0.3) is 5.65 Å². The highest BCUT2D eigenvalue weighted by Gasteiger charge is 2.46. The Morgan fingerprint density at radius 1 is 1.21 bits per heavy atom. The van der Waals surface area contributed by atoms with Gasteiger partial charge < -0.3 is 39.1 Å². The van der Waals surface area contributed by atoms with Crippen LogP contribution >= 0.6 is 26.8 Å². The lowest BCUT2D eigenvalue weighted by Gasteiger charge is -2.26. The first kappa shape index (κ1) is 27.6. The zero-order chi connectivity index (χ0) is 27.4. The van der Waals surface area contributed by atoms with E-state index in [0.717, 1.165) is 12.8 Å². The number of hydrogen-bond donors (Lipinski definition) is 5. The summed E-state index contributed by atoms with van der Waals surface area (Å²) in [4.78, 5) is 38.4. The average Bonchev–Trinajstić information content (AvgIpc) is 3.52. The van der Waals surface area contributed by atoms with Crippen molar-refractivity contribution in [3.8, 4) is 0 Å². The Kier molecular flexibility index (Phi) is 7.42. The molecule has 38 heavy (non-hydrogen) atoms. The second-order valence-corrected chi connectivity index (χ2v) is 13.6. The third kappa shape index (κ3) is 5.39. The van der Waals surface area contributed by atoms with Crippen molar-refractivity contribution in [2.75, 3.05) is 24.5 Å². The first-order chi connectivity index (χ1) is 17.8. The number of aliphatic hydroxyl groups is 2. The summed E-state index contributed by atoms with van der Waals surface area (Å²) >= 11 is 6.26. The van der Waals surface area contributed by atoms with Crippen molar-refractivity contribution in [1.82, 2.24) is 19.6 Å². The van der Waals surface area contributed by atoms with Crippen LogP contribution in [0.15, 0.2) is 30.5 Å². The van der Waals surface area contributed by atoms with E-state index >= 15 is 0 Å². The van der Waals surface area contributed by atoms with Crippen LogP contribution < -0.4 is 4.90 Å². The fourth-order valence-corrected chi connectivity index (χ4v) is 7.69. The zero-order valence-electron chi connectivity index (χ0n) is 20.0. The first-order valence-corrected chi connectivity index (χ1v) is 15.5. The molecule has 206 valence electrons. The minimum absolute atomic E-state index is 0.0279. The van der Waals surface area contributed by atoms with Crippen molar-refractivity contribution in [3.63, 3.8) is 0 Å². The number of anilines is 1. The van der Waals surface area contributed by atoms with Crippen molar-refractivity contribution in [1.29, 1.82) is 0 Å². The standard InChI is InChI=1S/C21H26ClN5O9P2/c1-26(13-7-6-11-4-2-3-5-12(11)13)20-19-23-8-14(27(19)25-21(22)24-20)18-17(29)16(28)15(36-18)9-35-38(33,34)10-37(30,31)32/h2-5,8,13,15-18,28-29H,6-7,9-10H2,1H3,(H,33,34)(H2,30,31,32)/t13-,15+,16+,17+,18-/m0/s1. The van der Waals surface area contributed by atoms with Gasteiger partial charge in [0.15, 0.2) is 17.4 Å². The SMILES string of the molecule is CN(c1nc(Cl)nn2c([C@@H]3O[C@H](COP(=O)(O)CP(=O)(O)O)[C@@H](O)[C@H]3O)cnc12)[C@H]1CCc2ccccc21. The van der Waals surface area contributed by atoms with Gasteiger partial charge in [-0.05, 0) is 35.6 Å². The molecule has 1 aromatic carbocycles. The smallest absolute Gasteiger partial charge is 0.340 e. The zero-order valence-corrected chi connectivity index (χ0v) is 22.5. The van der Waals surface area contributed by atoms with Crippen LogP contribution in [0.1, 0.15) is 35.4 Å². The molecule has 0 bridgehead atoms. The van der Waals surface area contributed by atoms with E-state index in [9.17, 15) is 24.2 Å². The molecule has 1 unspecified atom stereocenters. The van der Waals surface area contributed by atoms with Crippen LogP contribution in [0.5, 0.6) is 0 Å². The molecule has 6 atom stereocenters. The van der Waals surface area contributed by atoms with Crippen LogP contribution in [0.4, 0.5) is 5.82 Å². The van der Waals surface area contributed by atoms with Gasteiger partial charge in [-0.15, -0.1) is 5.10 Å². The summed E-state index contributed by atoms with van der Waals surface area (Å²) in [5.41, 5.74) is 3.00. The number of halogens is 1. The molecular formula is C21H26ClN5O9P2. The first-order valence-electron chi connectivity index (χ1n) is 11.6. The number of nitrogens with zero attached hydrogens (tertiary/aromatic N) is 5. The minimum atomic E-state index is -4.83. The number of fused-ring (bicyclic) bond motifs is 2. The van der Waals surface area contributed by atoms with Gasteiger partial charge in [0.2, 0.25) is 5.28 Å². The number of aliphatic hydroxyl groups excluding tert-OH is 2. The Balaban J connectivity index is 1.40. The van der Waals surface area contributed by atoms with Gasteiger partial charge in [0.1, 0.15) is 24.4 Å². The third-order valence-electron chi connectivity index (χ3n) is 6.71. The largest absolute Gasteiger partial charge is 0.387 e. The second kappa shape index (κ2) is 10.2.